The van der Waals surface area contributed by atoms with Gasteiger partial charge in [-0.05, 0) is 48.7 Å². The predicted octanol–water partition coefficient (Wildman–Crippen LogP) is 2.55. The van der Waals surface area contributed by atoms with Gasteiger partial charge in [0.25, 0.3) is 0 Å². The van der Waals surface area contributed by atoms with Crippen LogP contribution in [-0.4, -0.2) is 49.6 Å². The minimum absolute atomic E-state index is 1.17. The molecule has 1 saturated heterocycles. The maximum absolute atomic E-state index is 2.61. The molecule has 0 aromatic heterocycles. The van der Waals surface area contributed by atoms with E-state index < -0.39 is 0 Å². The van der Waals surface area contributed by atoms with Crippen LogP contribution in [-0.2, 0) is 0 Å². The Labute approximate surface area is 146 Å². The number of nitrogens with zero attached hydrogens (tertiary/aromatic N) is 2. The van der Waals surface area contributed by atoms with Gasteiger partial charge >= 0.3 is 0 Å². The van der Waals surface area contributed by atoms with E-state index in [9.17, 15) is 0 Å². The molecule has 24 heavy (non-hydrogen) atoms. The first kappa shape index (κ1) is 17.2. The summed E-state index contributed by atoms with van der Waals surface area (Å²) < 4.78 is 0. The summed E-state index contributed by atoms with van der Waals surface area (Å²) in [6.45, 7) is 6.01. The number of piperazine rings is 1. The van der Waals surface area contributed by atoms with Crippen molar-refractivity contribution in [2.45, 2.75) is 25.7 Å². The van der Waals surface area contributed by atoms with Crippen molar-refractivity contribution in [3.8, 4) is 0 Å². The molecule has 128 valence electrons. The number of benzene rings is 1. The van der Waals surface area contributed by atoms with E-state index in [1.165, 1.54) is 68.8 Å². The Morgan fingerprint density at radius 2 is 1.58 bits per heavy atom. The normalized spacial score (nSPS) is 20.8. The lowest BCUT2D eigenvalue weighted by molar-refractivity contribution is 0.167. The first-order valence-electron chi connectivity index (χ1n) is 9.33. The second-order valence-corrected chi connectivity index (χ2v) is 6.95. The van der Waals surface area contributed by atoms with E-state index in [2.05, 4.69) is 71.5 Å². The summed E-state index contributed by atoms with van der Waals surface area (Å²) in [6, 6.07) is 8.85. The molecule has 1 aromatic rings. The zero-order valence-electron chi connectivity index (χ0n) is 15.0. The Bertz CT molecular complexity index is 679. The van der Waals surface area contributed by atoms with Crippen LogP contribution in [0.15, 0.2) is 48.6 Å². The number of fused-ring (bicyclic) bond motifs is 1. The largest absolute Gasteiger partial charge is 0.304 e. The summed E-state index contributed by atoms with van der Waals surface area (Å²) in [5, 5.41) is 2.93. The average Bonchev–Trinajstić information content (AvgIpc) is 2.66. The van der Waals surface area contributed by atoms with Gasteiger partial charge in [-0.3, -0.25) is 4.90 Å². The molecule has 2 heteroatoms. The van der Waals surface area contributed by atoms with Crippen LogP contribution in [0.1, 0.15) is 25.7 Å². The van der Waals surface area contributed by atoms with E-state index in [1.54, 1.807) is 5.57 Å². The van der Waals surface area contributed by atoms with Crippen LogP contribution in [0.4, 0.5) is 0 Å². The van der Waals surface area contributed by atoms with Gasteiger partial charge in [0.05, 0.1) is 0 Å². The van der Waals surface area contributed by atoms with Gasteiger partial charge in [0.15, 0.2) is 0 Å². The second-order valence-electron chi connectivity index (χ2n) is 6.95. The monoisotopic (exact) mass is 322 g/mol. The summed E-state index contributed by atoms with van der Waals surface area (Å²) >= 11 is 0. The lowest BCUT2D eigenvalue weighted by atomic mass is 9.99. The summed E-state index contributed by atoms with van der Waals surface area (Å²) in [7, 11) is 2.22. The molecule has 3 aliphatic rings. The van der Waals surface area contributed by atoms with Crippen molar-refractivity contribution >= 4 is 11.6 Å². The minimum atomic E-state index is 1.17. The Morgan fingerprint density at radius 1 is 0.875 bits per heavy atom. The topological polar surface area (TPSA) is 6.48 Å². The molecule has 0 radical (unpaired) electrons. The van der Waals surface area contributed by atoms with Crippen LogP contribution in [0.3, 0.4) is 0 Å². The lowest BCUT2D eigenvalue weighted by Gasteiger charge is -2.33. The lowest BCUT2D eigenvalue weighted by Crippen LogP contribution is -2.46. The van der Waals surface area contributed by atoms with Crippen molar-refractivity contribution in [2.75, 3.05) is 39.8 Å². The highest BCUT2D eigenvalue weighted by molar-refractivity contribution is 5.52. The van der Waals surface area contributed by atoms with Crippen molar-refractivity contribution in [3.05, 3.63) is 59.0 Å². The Balaban J connectivity index is 0.000000238. The average molecular weight is 322 g/mol. The highest BCUT2D eigenvalue weighted by atomic mass is 15.2. The minimum Gasteiger partial charge on any atom is -0.304 e. The smallest absolute Gasteiger partial charge is 0.0203 e. The molecule has 1 aliphatic heterocycles. The van der Waals surface area contributed by atoms with Crippen molar-refractivity contribution in [1.29, 1.82) is 0 Å². The fourth-order valence-electron chi connectivity index (χ4n) is 3.52. The first-order chi connectivity index (χ1) is 11.8. The Hall–Kier alpha value is -1.64. The summed E-state index contributed by atoms with van der Waals surface area (Å²) in [5.74, 6) is 0. The predicted molar refractivity (Wildman–Crippen MR) is 104 cm³/mol. The van der Waals surface area contributed by atoms with Gasteiger partial charge in [-0.2, -0.15) is 0 Å². The Morgan fingerprint density at radius 3 is 2.25 bits per heavy atom. The van der Waals surface area contributed by atoms with Crippen molar-refractivity contribution < 1.29 is 0 Å². The maximum Gasteiger partial charge on any atom is 0.0203 e. The number of hydrogen-bond acceptors (Lipinski definition) is 2. The van der Waals surface area contributed by atoms with Gasteiger partial charge in [-0.1, -0.05) is 54.6 Å². The molecule has 4 rings (SSSR count). The highest BCUT2D eigenvalue weighted by Crippen LogP contribution is 2.11. The standard InChI is InChI=1S/C16H22N2.C6H8/c1-17-9-11-18(12-10-17)13-15-7-4-6-14-5-2-3-8-16(14)15;1-2-4-6-5-3-1/h2-3,5-6,8H,4,7,9-13H2,1H3;1-4H,5-6H2. The third kappa shape index (κ3) is 4.93. The van der Waals surface area contributed by atoms with E-state index in [1.807, 2.05) is 0 Å². The fourth-order valence-corrected chi connectivity index (χ4v) is 3.52. The van der Waals surface area contributed by atoms with E-state index >= 15 is 0 Å². The van der Waals surface area contributed by atoms with Gasteiger partial charge in [-0.15, -0.1) is 0 Å². The molecule has 0 amide bonds. The van der Waals surface area contributed by atoms with Crippen molar-refractivity contribution in [1.82, 2.24) is 9.80 Å². The van der Waals surface area contributed by atoms with Crippen molar-refractivity contribution in [3.63, 3.8) is 0 Å². The fraction of sp³-hybridized carbons (Fsp3) is 0.455. The molecule has 2 aliphatic carbocycles. The van der Waals surface area contributed by atoms with Crippen LogP contribution < -0.4 is 10.4 Å². The van der Waals surface area contributed by atoms with Crippen LogP contribution in [0.2, 0.25) is 0 Å². The van der Waals surface area contributed by atoms with Gasteiger partial charge in [0.1, 0.15) is 0 Å². The molecule has 0 atom stereocenters. The van der Waals surface area contributed by atoms with Gasteiger partial charge in [-0.25, -0.2) is 0 Å². The molecule has 0 N–H and O–H groups in total. The van der Waals surface area contributed by atoms with Crippen molar-refractivity contribution in [2.24, 2.45) is 0 Å². The SMILES string of the molecule is C1=CCCC=C1.CN1CCN(CC2=c3ccccc3=CCC2)CC1. The molecule has 0 spiro atoms. The van der Waals surface area contributed by atoms with E-state index in [-0.39, 0.29) is 0 Å². The zero-order chi connectivity index (χ0) is 16.6. The first-order valence-corrected chi connectivity index (χ1v) is 9.33. The molecule has 1 heterocycles. The molecular weight excluding hydrogens is 292 g/mol. The van der Waals surface area contributed by atoms with Crippen LogP contribution in [0.25, 0.3) is 11.6 Å². The zero-order valence-corrected chi connectivity index (χ0v) is 15.0. The third-order valence-corrected chi connectivity index (χ3v) is 5.05. The number of likely N-dealkylation sites (N-methyl/N-ethyl adjacent to an activating group) is 1. The van der Waals surface area contributed by atoms with Crippen LogP contribution >= 0.6 is 0 Å². The van der Waals surface area contributed by atoms with Crippen LogP contribution in [0.5, 0.6) is 0 Å². The van der Waals surface area contributed by atoms with Gasteiger partial charge in [0, 0.05) is 32.7 Å². The maximum atomic E-state index is 2.61. The number of allylic oxidation sites excluding steroid dienone is 4. The molecule has 2 nitrogen and oxygen atoms in total. The van der Waals surface area contributed by atoms with E-state index in [0.29, 0.717) is 0 Å². The Kier molecular flexibility index (Phi) is 6.45. The molecular formula is C22H30N2. The van der Waals surface area contributed by atoms with Gasteiger partial charge < -0.3 is 4.90 Å². The van der Waals surface area contributed by atoms with E-state index in [0.717, 1.165) is 0 Å². The molecule has 0 bridgehead atoms. The highest BCUT2D eigenvalue weighted by Gasteiger charge is 2.15. The summed E-state index contributed by atoms with van der Waals surface area (Å²) in [6.07, 6.45) is 15.8. The summed E-state index contributed by atoms with van der Waals surface area (Å²) in [4.78, 5) is 5.03. The molecule has 1 aromatic carbocycles. The molecule has 0 saturated carbocycles. The molecule has 0 unspecified atom stereocenters. The van der Waals surface area contributed by atoms with Gasteiger partial charge in [0.2, 0.25) is 0 Å². The second kappa shape index (κ2) is 9.00. The number of rotatable bonds is 2. The number of hydrogen-bond donors (Lipinski definition) is 0. The molecule has 1 fully saturated rings. The third-order valence-electron chi connectivity index (χ3n) is 5.05. The van der Waals surface area contributed by atoms with Crippen LogP contribution in [0, 0.1) is 0 Å². The van der Waals surface area contributed by atoms with E-state index in [4.69, 9.17) is 0 Å². The summed E-state index contributed by atoms with van der Waals surface area (Å²) in [5.41, 5.74) is 1.64. The quantitative estimate of drug-likeness (QED) is 0.826.